The molecule has 0 fully saturated rings. The third-order valence-corrected chi connectivity index (χ3v) is 2.04. The summed E-state index contributed by atoms with van der Waals surface area (Å²) in [7, 11) is 3.82. The fourth-order valence-corrected chi connectivity index (χ4v) is 0.865. The van der Waals surface area contributed by atoms with Gasteiger partial charge in [0.25, 0.3) is 0 Å². The van der Waals surface area contributed by atoms with Crippen molar-refractivity contribution in [2.75, 3.05) is 27.2 Å². The zero-order valence-electron chi connectivity index (χ0n) is 9.96. The fourth-order valence-electron chi connectivity index (χ4n) is 0.865. The lowest BCUT2D eigenvalue weighted by Gasteiger charge is -2.12. The van der Waals surface area contributed by atoms with Crippen LogP contribution in [0.15, 0.2) is 0 Å². The molecule has 2 amide bonds. The maximum absolute atomic E-state index is 11.3. The van der Waals surface area contributed by atoms with Crippen molar-refractivity contribution in [1.29, 1.82) is 0 Å². The molecule has 88 valence electrons. The van der Waals surface area contributed by atoms with Gasteiger partial charge in [-0.2, -0.15) is 0 Å². The monoisotopic (exact) mass is 215 g/mol. The van der Waals surface area contributed by atoms with E-state index < -0.39 is 11.8 Å². The Morgan fingerprint density at radius 3 is 2.33 bits per heavy atom. The maximum atomic E-state index is 11.3. The third-order valence-electron chi connectivity index (χ3n) is 2.04. The normalized spacial score (nSPS) is 12.3. The summed E-state index contributed by atoms with van der Waals surface area (Å²) >= 11 is 0. The van der Waals surface area contributed by atoms with Gasteiger partial charge in [0.05, 0.1) is 0 Å². The number of hydrogen-bond acceptors (Lipinski definition) is 3. The summed E-state index contributed by atoms with van der Waals surface area (Å²) in [5.74, 6) is -1.11. The molecule has 0 saturated heterocycles. The first-order chi connectivity index (χ1) is 6.97. The van der Waals surface area contributed by atoms with Crippen LogP contribution in [0.25, 0.3) is 0 Å². The van der Waals surface area contributed by atoms with Crippen molar-refractivity contribution in [3.05, 3.63) is 0 Å². The molecule has 5 heteroatoms. The summed E-state index contributed by atoms with van der Waals surface area (Å²) in [6.45, 7) is 5.03. The van der Waals surface area contributed by atoms with Crippen LogP contribution in [0.5, 0.6) is 0 Å². The Kier molecular flexibility index (Phi) is 6.70. The third kappa shape index (κ3) is 6.90. The highest BCUT2D eigenvalue weighted by Crippen LogP contribution is 1.86. The first kappa shape index (κ1) is 13.9. The van der Waals surface area contributed by atoms with Crippen LogP contribution >= 0.6 is 0 Å². The van der Waals surface area contributed by atoms with E-state index in [1.54, 1.807) is 0 Å². The van der Waals surface area contributed by atoms with Crippen molar-refractivity contribution in [1.82, 2.24) is 15.5 Å². The molecule has 0 aliphatic carbocycles. The molecule has 15 heavy (non-hydrogen) atoms. The van der Waals surface area contributed by atoms with Gasteiger partial charge in [-0.15, -0.1) is 0 Å². The number of rotatable bonds is 5. The molecule has 0 unspecified atom stereocenters. The summed E-state index contributed by atoms with van der Waals surface area (Å²) in [5, 5.41) is 5.15. The Morgan fingerprint density at radius 1 is 1.27 bits per heavy atom. The van der Waals surface area contributed by atoms with E-state index in [9.17, 15) is 9.59 Å². The molecule has 0 aromatic rings. The molecule has 0 spiro atoms. The minimum atomic E-state index is -0.558. The minimum absolute atomic E-state index is 0.0390. The molecule has 0 aromatic heterocycles. The van der Waals surface area contributed by atoms with E-state index >= 15 is 0 Å². The Hall–Kier alpha value is -1.10. The van der Waals surface area contributed by atoms with Gasteiger partial charge in [-0.3, -0.25) is 9.59 Å². The SMILES string of the molecule is CC[C@H](C)NC(=O)C(=O)NCCN(C)C. The van der Waals surface area contributed by atoms with Gasteiger partial charge < -0.3 is 15.5 Å². The average Bonchev–Trinajstić information content (AvgIpc) is 2.16. The molecule has 0 radical (unpaired) electrons. The summed E-state index contributed by atoms with van der Waals surface area (Å²) in [5.41, 5.74) is 0. The van der Waals surface area contributed by atoms with Crippen molar-refractivity contribution in [3.8, 4) is 0 Å². The zero-order chi connectivity index (χ0) is 11.8. The Balaban J connectivity index is 3.75. The van der Waals surface area contributed by atoms with Gasteiger partial charge in [-0.1, -0.05) is 6.92 Å². The van der Waals surface area contributed by atoms with Gasteiger partial charge >= 0.3 is 11.8 Å². The summed E-state index contributed by atoms with van der Waals surface area (Å²) < 4.78 is 0. The zero-order valence-corrected chi connectivity index (χ0v) is 9.96. The number of carbonyl (C=O) groups excluding carboxylic acids is 2. The lowest BCUT2D eigenvalue weighted by Crippen LogP contribution is -2.44. The topological polar surface area (TPSA) is 61.4 Å². The number of hydrogen-bond donors (Lipinski definition) is 2. The van der Waals surface area contributed by atoms with Crippen LogP contribution in [-0.2, 0) is 9.59 Å². The highest BCUT2D eigenvalue weighted by atomic mass is 16.2. The number of nitrogens with zero attached hydrogens (tertiary/aromatic N) is 1. The van der Waals surface area contributed by atoms with E-state index in [4.69, 9.17) is 0 Å². The van der Waals surface area contributed by atoms with Gasteiger partial charge in [-0.05, 0) is 27.4 Å². The Labute approximate surface area is 91.2 Å². The molecule has 0 saturated carbocycles. The van der Waals surface area contributed by atoms with E-state index in [1.165, 1.54) is 0 Å². The molecule has 1 atom stereocenters. The lowest BCUT2D eigenvalue weighted by atomic mass is 10.2. The first-order valence-electron chi connectivity index (χ1n) is 5.20. The number of likely N-dealkylation sites (N-methyl/N-ethyl adjacent to an activating group) is 1. The molecule has 0 aliphatic heterocycles. The number of carbonyl (C=O) groups is 2. The highest BCUT2D eigenvalue weighted by molar-refractivity contribution is 6.35. The smallest absolute Gasteiger partial charge is 0.309 e. The predicted molar refractivity (Wildman–Crippen MR) is 59.5 cm³/mol. The molecule has 0 rings (SSSR count). The van der Waals surface area contributed by atoms with Crippen LogP contribution in [0, 0.1) is 0 Å². The largest absolute Gasteiger partial charge is 0.347 e. The highest BCUT2D eigenvalue weighted by Gasteiger charge is 2.14. The predicted octanol–water partition coefficient (Wildman–Crippen LogP) is -0.421. The molecule has 5 nitrogen and oxygen atoms in total. The molecule has 0 aromatic carbocycles. The van der Waals surface area contributed by atoms with Gasteiger partial charge in [0.15, 0.2) is 0 Å². The quantitative estimate of drug-likeness (QED) is 0.612. The van der Waals surface area contributed by atoms with E-state index in [0.29, 0.717) is 6.54 Å². The van der Waals surface area contributed by atoms with E-state index in [2.05, 4.69) is 10.6 Å². The van der Waals surface area contributed by atoms with Crippen LogP contribution in [0.1, 0.15) is 20.3 Å². The average molecular weight is 215 g/mol. The maximum Gasteiger partial charge on any atom is 0.309 e. The standard InChI is InChI=1S/C10H21N3O2/c1-5-8(2)12-10(15)9(14)11-6-7-13(3)4/h8H,5-7H2,1-4H3,(H,11,14)(H,12,15)/t8-/m0/s1. The second-order valence-corrected chi connectivity index (χ2v) is 3.84. The second kappa shape index (κ2) is 7.23. The van der Waals surface area contributed by atoms with Gasteiger partial charge in [0, 0.05) is 19.1 Å². The summed E-state index contributed by atoms with van der Waals surface area (Å²) in [4.78, 5) is 24.4. The van der Waals surface area contributed by atoms with E-state index in [-0.39, 0.29) is 6.04 Å². The minimum Gasteiger partial charge on any atom is -0.347 e. The molecular weight excluding hydrogens is 194 g/mol. The van der Waals surface area contributed by atoms with Gasteiger partial charge in [0.1, 0.15) is 0 Å². The van der Waals surface area contributed by atoms with Crippen LogP contribution < -0.4 is 10.6 Å². The Bertz CT molecular complexity index is 217. The second-order valence-electron chi connectivity index (χ2n) is 3.84. The number of nitrogens with one attached hydrogen (secondary N) is 2. The molecule has 0 heterocycles. The lowest BCUT2D eigenvalue weighted by molar-refractivity contribution is -0.139. The van der Waals surface area contributed by atoms with E-state index in [1.807, 2.05) is 32.8 Å². The van der Waals surface area contributed by atoms with Gasteiger partial charge in [0.2, 0.25) is 0 Å². The summed E-state index contributed by atoms with van der Waals surface area (Å²) in [6.07, 6.45) is 0.816. The summed E-state index contributed by atoms with van der Waals surface area (Å²) in [6, 6.07) is 0.0390. The molecular formula is C10H21N3O2. The molecule has 2 N–H and O–H groups in total. The van der Waals surface area contributed by atoms with Crippen LogP contribution in [0.2, 0.25) is 0 Å². The number of amides is 2. The van der Waals surface area contributed by atoms with Crippen LogP contribution in [0.3, 0.4) is 0 Å². The van der Waals surface area contributed by atoms with Crippen LogP contribution in [-0.4, -0.2) is 49.9 Å². The van der Waals surface area contributed by atoms with Crippen molar-refractivity contribution in [2.45, 2.75) is 26.3 Å². The van der Waals surface area contributed by atoms with Crippen molar-refractivity contribution < 1.29 is 9.59 Å². The van der Waals surface area contributed by atoms with E-state index in [0.717, 1.165) is 13.0 Å². The van der Waals surface area contributed by atoms with Crippen molar-refractivity contribution in [2.24, 2.45) is 0 Å². The molecule has 0 aliphatic rings. The Morgan fingerprint density at radius 2 is 1.87 bits per heavy atom. The van der Waals surface area contributed by atoms with Gasteiger partial charge in [-0.25, -0.2) is 0 Å². The van der Waals surface area contributed by atoms with Crippen molar-refractivity contribution in [3.63, 3.8) is 0 Å². The van der Waals surface area contributed by atoms with Crippen LogP contribution in [0.4, 0.5) is 0 Å². The van der Waals surface area contributed by atoms with Crippen molar-refractivity contribution >= 4 is 11.8 Å². The molecule has 0 bridgehead atoms. The fraction of sp³-hybridized carbons (Fsp3) is 0.800. The first-order valence-corrected chi connectivity index (χ1v) is 5.20.